The number of Topliss-reactive ketones (excluding diaryl/α,β-unsaturated/α-hetero) is 1. The van der Waals surface area contributed by atoms with Gasteiger partial charge >= 0.3 is 0 Å². The van der Waals surface area contributed by atoms with Gasteiger partial charge < -0.3 is 0 Å². The number of nitrogens with zero attached hydrogens (tertiary/aromatic N) is 1. The van der Waals surface area contributed by atoms with E-state index in [9.17, 15) is 4.79 Å². The zero-order valence-corrected chi connectivity index (χ0v) is 6.23. The first kappa shape index (κ1) is 5.80. The van der Waals surface area contributed by atoms with Crippen molar-refractivity contribution >= 4 is 27.8 Å². The highest BCUT2D eigenvalue weighted by atomic mass is 32.1. The second-order valence-electron chi connectivity index (χ2n) is 2.17. The van der Waals surface area contributed by atoms with Gasteiger partial charge in [0.1, 0.15) is 5.00 Å². The van der Waals surface area contributed by atoms with Gasteiger partial charge in [0.05, 0.1) is 11.3 Å². The Labute approximate surface area is 62.2 Å². The fraction of sp³-hybridized carbons (Fsp3) is 0.143. The van der Waals surface area contributed by atoms with Crippen molar-refractivity contribution < 1.29 is 4.79 Å². The summed E-state index contributed by atoms with van der Waals surface area (Å²) in [5.74, 6) is 0.0799. The number of fused-ring (bicyclic) bond motifs is 1. The summed E-state index contributed by atoms with van der Waals surface area (Å²) in [5.41, 5.74) is 1.38. The quantitative estimate of drug-likeness (QED) is 0.558. The molecule has 3 heteroatoms. The zero-order valence-electron chi connectivity index (χ0n) is 5.42. The topological polar surface area (TPSA) is 29.4 Å². The second kappa shape index (κ2) is 1.76. The minimum Gasteiger partial charge on any atom is -0.287 e. The van der Waals surface area contributed by atoms with Gasteiger partial charge in [0.15, 0.2) is 0 Å². The summed E-state index contributed by atoms with van der Waals surface area (Å²) in [5, 5.41) is 2.75. The molecule has 2 nitrogen and oxygen atoms in total. The smallest absolute Gasteiger partial charge is 0.209 e. The maximum absolute atomic E-state index is 11.1. The molecule has 1 aliphatic heterocycles. The predicted octanol–water partition coefficient (Wildman–Crippen LogP) is 2.04. The molecule has 10 heavy (non-hydrogen) atoms. The van der Waals surface area contributed by atoms with Crippen LogP contribution < -0.4 is 0 Å². The number of rotatable bonds is 0. The highest BCUT2D eigenvalue weighted by Crippen LogP contribution is 2.31. The lowest BCUT2D eigenvalue weighted by Gasteiger charge is -1.82. The largest absolute Gasteiger partial charge is 0.287 e. The molecular weight excluding hydrogens is 146 g/mol. The van der Waals surface area contributed by atoms with Crippen LogP contribution in [-0.4, -0.2) is 11.5 Å². The van der Waals surface area contributed by atoms with E-state index < -0.39 is 0 Å². The first-order valence-corrected chi connectivity index (χ1v) is 3.84. The molecular formula is C7H5NOS. The molecule has 50 valence electrons. The van der Waals surface area contributed by atoms with Crippen LogP contribution in [-0.2, 0) is 0 Å². The van der Waals surface area contributed by atoms with E-state index in [2.05, 4.69) is 4.99 Å². The van der Waals surface area contributed by atoms with Crippen LogP contribution in [0.1, 0.15) is 17.3 Å². The van der Waals surface area contributed by atoms with Crippen molar-refractivity contribution in [2.24, 2.45) is 4.99 Å². The maximum atomic E-state index is 11.1. The van der Waals surface area contributed by atoms with Crippen LogP contribution in [0.25, 0.3) is 0 Å². The molecule has 0 unspecified atom stereocenters. The molecule has 2 heterocycles. The van der Waals surface area contributed by atoms with Crippen LogP contribution in [0.15, 0.2) is 16.4 Å². The molecule has 1 aromatic rings. The second-order valence-corrected chi connectivity index (χ2v) is 3.06. The van der Waals surface area contributed by atoms with Gasteiger partial charge in [-0.15, -0.1) is 11.3 Å². The molecule has 0 N–H and O–H groups in total. The van der Waals surface area contributed by atoms with E-state index in [0.29, 0.717) is 5.71 Å². The molecule has 0 fully saturated rings. The van der Waals surface area contributed by atoms with Crippen molar-refractivity contribution in [3.8, 4) is 0 Å². The van der Waals surface area contributed by atoms with Crippen molar-refractivity contribution in [2.45, 2.75) is 6.92 Å². The molecule has 0 saturated carbocycles. The third kappa shape index (κ3) is 0.580. The average molecular weight is 151 g/mol. The predicted molar refractivity (Wildman–Crippen MR) is 41.4 cm³/mol. The van der Waals surface area contributed by atoms with Gasteiger partial charge in [-0.3, -0.25) is 4.79 Å². The normalized spacial score (nSPS) is 15.3. The Kier molecular flexibility index (Phi) is 1.02. The van der Waals surface area contributed by atoms with Crippen LogP contribution in [0, 0.1) is 0 Å². The van der Waals surface area contributed by atoms with Crippen LogP contribution in [0.4, 0.5) is 5.00 Å². The summed E-state index contributed by atoms with van der Waals surface area (Å²) in [7, 11) is 0. The Bertz CT molecular complexity index is 324. The fourth-order valence-corrected chi connectivity index (χ4v) is 1.77. The third-order valence-corrected chi connectivity index (χ3v) is 2.29. The summed E-state index contributed by atoms with van der Waals surface area (Å²) in [6.45, 7) is 1.75. The molecule has 0 atom stereocenters. The highest BCUT2D eigenvalue weighted by molar-refractivity contribution is 7.14. The first-order valence-electron chi connectivity index (χ1n) is 2.96. The van der Waals surface area contributed by atoms with Gasteiger partial charge in [-0.1, -0.05) is 0 Å². The minimum absolute atomic E-state index is 0.0799. The van der Waals surface area contributed by atoms with Crippen LogP contribution in [0.2, 0.25) is 0 Å². The molecule has 0 saturated heterocycles. The average Bonchev–Trinajstić information content (AvgIpc) is 2.41. The van der Waals surface area contributed by atoms with Gasteiger partial charge in [-0.25, -0.2) is 4.99 Å². The van der Waals surface area contributed by atoms with E-state index in [1.54, 1.807) is 6.92 Å². The third-order valence-electron chi connectivity index (χ3n) is 1.49. The number of thiophene rings is 1. The standard InChI is InChI=1S/C7H5NOS/c1-4-6(9)5-2-3-10-7(5)8-4/h2-3H,1H3. The molecule has 0 aliphatic carbocycles. The van der Waals surface area contributed by atoms with E-state index in [1.807, 2.05) is 11.4 Å². The van der Waals surface area contributed by atoms with Crippen LogP contribution in [0.3, 0.4) is 0 Å². The van der Waals surface area contributed by atoms with E-state index in [-0.39, 0.29) is 5.78 Å². The van der Waals surface area contributed by atoms with Crippen molar-refractivity contribution in [1.29, 1.82) is 0 Å². The monoisotopic (exact) mass is 151 g/mol. The van der Waals surface area contributed by atoms with Gasteiger partial charge in [0.2, 0.25) is 5.78 Å². The number of hydrogen-bond acceptors (Lipinski definition) is 3. The van der Waals surface area contributed by atoms with Gasteiger partial charge in [0.25, 0.3) is 0 Å². The summed E-state index contributed by atoms with van der Waals surface area (Å²) in [6.07, 6.45) is 0. The maximum Gasteiger partial charge on any atom is 0.209 e. The lowest BCUT2D eigenvalue weighted by atomic mass is 10.2. The highest BCUT2D eigenvalue weighted by Gasteiger charge is 2.21. The van der Waals surface area contributed by atoms with Crippen molar-refractivity contribution in [2.75, 3.05) is 0 Å². The molecule has 0 radical (unpaired) electrons. The summed E-state index contributed by atoms with van der Waals surface area (Å²) >= 11 is 1.51. The van der Waals surface area contributed by atoms with Crippen molar-refractivity contribution in [3.05, 3.63) is 17.0 Å². The lowest BCUT2D eigenvalue weighted by Crippen LogP contribution is -2.02. The Morgan fingerprint density at radius 2 is 2.40 bits per heavy atom. The summed E-state index contributed by atoms with van der Waals surface area (Å²) in [4.78, 5) is 15.2. The Morgan fingerprint density at radius 3 is 3.10 bits per heavy atom. The molecule has 1 aromatic heterocycles. The fourth-order valence-electron chi connectivity index (χ4n) is 0.959. The summed E-state index contributed by atoms with van der Waals surface area (Å²) < 4.78 is 0. The lowest BCUT2D eigenvalue weighted by molar-refractivity contribution is 0.106. The molecule has 0 spiro atoms. The van der Waals surface area contributed by atoms with Crippen LogP contribution in [0.5, 0.6) is 0 Å². The number of carbonyl (C=O) groups is 1. The summed E-state index contributed by atoms with van der Waals surface area (Å²) in [6, 6.07) is 1.82. The molecule has 2 rings (SSSR count). The van der Waals surface area contributed by atoms with E-state index in [4.69, 9.17) is 0 Å². The minimum atomic E-state index is 0.0799. The van der Waals surface area contributed by atoms with Crippen molar-refractivity contribution in [1.82, 2.24) is 0 Å². The van der Waals surface area contributed by atoms with E-state index in [1.165, 1.54) is 11.3 Å². The van der Waals surface area contributed by atoms with Gasteiger partial charge in [-0.05, 0) is 18.4 Å². The zero-order chi connectivity index (χ0) is 7.14. The molecule has 0 aromatic carbocycles. The number of hydrogen-bond donors (Lipinski definition) is 0. The molecule has 0 bridgehead atoms. The molecule has 0 amide bonds. The number of aliphatic imine (C=N–C) groups is 1. The molecule has 1 aliphatic rings. The van der Waals surface area contributed by atoms with E-state index >= 15 is 0 Å². The Morgan fingerprint density at radius 1 is 1.60 bits per heavy atom. The van der Waals surface area contributed by atoms with Crippen LogP contribution >= 0.6 is 11.3 Å². The van der Waals surface area contributed by atoms with Crippen molar-refractivity contribution in [3.63, 3.8) is 0 Å². The Hall–Kier alpha value is -0.960. The van der Waals surface area contributed by atoms with E-state index in [0.717, 1.165) is 10.6 Å². The first-order chi connectivity index (χ1) is 4.79. The Balaban J connectivity index is 2.68. The van der Waals surface area contributed by atoms with Gasteiger partial charge in [0, 0.05) is 0 Å². The van der Waals surface area contributed by atoms with Gasteiger partial charge in [-0.2, -0.15) is 0 Å². The number of carbonyl (C=O) groups excluding carboxylic acids is 1. The number of ketones is 1. The SMILES string of the molecule is CC1=Nc2sccc2C1=O.